The van der Waals surface area contributed by atoms with E-state index in [-0.39, 0.29) is 17.4 Å². The molecule has 0 radical (unpaired) electrons. The van der Waals surface area contributed by atoms with Crippen LogP contribution in [0.25, 0.3) is 0 Å². The van der Waals surface area contributed by atoms with E-state index in [0.29, 0.717) is 26.2 Å². The molecule has 0 aliphatic rings. The van der Waals surface area contributed by atoms with Gasteiger partial charge in [-0.3, -0.25) is 4.79 Å². The predicted octanol–water partition coefficient (Wildman–Crippen LogP) is 3.46. The molecule has 26 heavy (non-hydrogen) atoms. The molecule has 0 aliphatic carbocycles. The van der Waals surface area contributed by atoms with E-state index in [1.165, 1.54) is 0 Å². The minimum absolute atomic E-state index is 0.0281. The van der Waals surface area contributed by atoms with Crippen molar-refractivity contribution in [3.05, 3.63) is 18.2 Å². The number of nitrogens with one attached hydrogen (secondary N) is 2. The fourth-order valence-electron chi connectivity index (χ4n) is 2.12. The molecule has 1 aromatic rings. The summed E-state index contributed by atoms with van der Waals surface area (Å²) in [6, 6.07) is 5.81. The van der Waals surface area contributed by atoms with Gasteiger partial charge in [0.2, 0.25) is 5.91 Å². The van der Waals surface area contributed by atoms with Crippen LogP contribution in [0.15, 0.2) is 18.2 Å². The smallest absolute Gasteiger partial charge is 0.222 e. The number of hydrogen-bond donors (Lipinski definition) is 2. The number of methoxy groups -OCH3 is 1. The molecule has 0 spiro atoms. The van der Waals surface area contributed by atoms with Crippen LogP contribution >= 0.6 is 0 Å². The highest BCUT2D eigenvalue weighted by Crippen LogP contribution is 2.28. The first kappa shape index (κ1) is 22.1. The zero-order valence-electron chi connectivity index (χ0n) is 17.0. The molecule has 6 nitrogen and oxygen atoms in total. The third-order valence-corrected chi connectivity index (χ3v) is 4.29. The maximum Gasteiger partial charge on any atom is 0.222 e. The summed E-state index contributed by atoms with van der Waals surface area (Å²) in [5.41, 5.74) is 0.976. The third-order valence-electron chi connectivity index (χ3n) is 4.29. The Morgan fingerprint density at radius 3 is 2.54 bits per heavy atom. The molecule has 0 heterocycles. The Balaban J connectivity index is 2.15. The second-order valence-corrected chi connectivity index (χ2v) is 7.33. The molecule has 148 valence electrons. The number of carbonyl (C=O) groups excluding carboxylic acids is 1. The summed E-state index contributed by atoms with van der Waals surface area (Å²) in [6.45, 7) is 9.88. The predicted molar refractivity (Wildman–Crippen MR) is 105 cm³/mol. The van der Waals surface area contributed by atoms with Gasteiger partial charge in [-0.2, -0.15) is 0 Å². The zero-order valence-corrected chi connectivity index (χ0v) is 17.0. The average molecular weight is 367 g/mol. The molecule has 0 aliphatic heterocycles. The fourth-order valence-corrected chi connectivity index (χ4v) is 2.12. The SMILES string of the molecule is CNc1ccc(OCCCOCCC(=O)NC(C)C(C)(C)C)cc1OC. The van der Waals surface area contributed by atoms with Crippen molar-refractivity contribution in [3.8, 4) is 11.5 Å². The molecule has 1 unspecified atom stereocenters. The number of hydrogen-bond acceptors (Lipinski definition) is 5. The van der Waals surface area contributed by atoms with E-state index in [0.717, 1.165) is 23.6 Å². The van der Waals surface area contributed by atoms with Crippen LogP contribution in [0, 0.1) is 5.41 Å². The summed E-state index contributed by atoms with van der Waals surface area (Å²) in [5.74, 6) is 1.54. The van der Waals surface area contributed by atoms with Gasteiger partial charge in [0.15, 0.2) is 0 Å². The van der Waals surface area contributed by atoms with Crippen LogP contribution < -0.4 is 20.1 Å². The van der Waals surface area contributed by atoms with Crippen LogP contribution in [0.5, 0.6) is 11.5 Å². The second kappa shape index (κ2) is 10.9. The molecular weight excluding hydrogens is 332 g/mol. The number of carbonyl (C=O) groups is 1. The van der Waals surface area contributed by atoms with Gasteiger partial charge in [0, 0.05) is 38.6 Å². The maximum atomic E-state index is 11.9. The van der Waals surface area contributed by atoms with Crippen LogP contribution in [0.2, 0.25) is 0 Å². The molecule has 1 aromatic carbocycles. The van der Waals surface area contributed by atoms with Crippen molar-refractivity contribution >= 4 is 11.6 Å². The minimum Gasteiger partial charge on any atom is -0.494 e. The minimum atomic E-state index is 0.0281. The van der Waals surface area contributed by atoms with E-state index in [2.05, 4.69) is 31.4 Å². The highest BCUT2D eigenvalue weighted by molar-refractivity contribution is 5.76. The molecule has 0 bridgehead atoms. The summed E-state index contributed by atoms with van der Waals surface area (Å²) in [7, 11) is 3.48. The summed E-state index contributed by atoms with van der Waals surface area (Å²) < 4.78 is 16.5. The molecule has 2 N–H and O–H groups in total. The highest BCUT2D eigenvalue weighted by atomic mass is 16.5. The second-order valence-electron chi connectivity index (χ2n) is 7.33. The molecule has 0 saturated carbocycles. The third kappa shape index (κ3) is 7.95. The number of rotatable bonds is 11. The Kier molecular flexibility index (Phi) is 9.27. The largest absolute Gasteiger partial charge is 0.494 e. The van der Waals surface area contributed by atoms with Crippen molar-refractivity contribution in [2.45, 2.75) is 46.6 Å². The van der Waals surface area contributed by atoms with Crippen molar-refractivity contribution < 1.29 is 19.0 Å². The molecule has 0 saturated heterocycles. The van der Waals surface area contributed by atoms with Crippen LogP contribution in [0.3, 0.4) is 0 Å². The number of amides is 1. The molecule has 1 atom stereocenters. The number of benzene rings is 1. The Morgan fingerprint density at radius 1 is 1.19 bits per heavy atom. The van der Waals surface area contributed by atoms with Gasteiger partial charge in [0.1, 0.15) is 11.5 Å². The lowest BCUT2D eigenvalue weighted by Gasteiger charge is -2.28. The van der Waals surface area contributed by atoms with Crippen molar-refractivity contribution in [1.82, 2.24) is 5.32 Å². The topological polar surface area (TPSA) is 68.8 Å². The van der Waals surface area contributed by atoms with Crippen LogP contribution in [0.1, 0.15) is 40.5 Å². The maximum absolute atomic E-state index is 11.9. The van der Waals surface area contributed by atoms with Crippen LogP contribution in [0.4, 0.5) is 5.69 Å². The molecule has 6 heteroatoms. The normalized spacial score (nSPS) is 12.4. The fraction of sp³-hybridized carbons (Fsp3) is 0.650. The van der Waals surface area contributed by atoms with Crippen molar-refractivity contribution in [2.24, 2.45) is 5.41 Å². The van der Waals surface area contributed by atoms with Crippen molar-refractivity contribution in [1.29, 1.82) is 0 Å². The van der Waals surface area contributed by atoms with Gasteiger partial charge in [-0.15, -0.1) is 0 Å². The molecule has 0 aromatic heterocycles. The van der Waals surface area contributed by atoms with Gasteiger partial charge in [0.25, 0.3) is 0 Å². The van der Waals surface area contributed by atoms with Crippen LogP contribution in [-0.4, -0.2) is 45.9 Å². The summed E-state index contributed by atoms with van der Waals surface area (Å²) in [6.07, 6.45) is 1.14. The van der Waals surface area contributed by atoms with Crippen molar-refractivity contribution in [3.63, 3.8) is 0 Å². The van der Waals surface area contributed by atoms with Crippen molar-refractivity contribution in [2.75, 3.05) is 39.3 Å². The Bertz CT molecular complexity index is 555. The summed E-state index contributed by atoms with van der Waals surface area (Å²) in [4.78, 5) is 11.9. The van der Waals surface area contributed by atoms with E-state index < -0.39 is 0 Å². The van der Waals surface area contributed by atoms with E-state index in [1.54, 1.807) is 7.11 Å². The Hall–Kier alpha value is -1.95. The van der Waals surface area contributed by atoms with E-state index >= 15 is 0 Å². The van der Waals surface area contributed by atoms with Gasteiger partial charge in [-0.25, -0.2) is 0 Å². The first-order valence-electron chi connectivity index (χ1n) is 9.13. The lowest BCUT2D eigenvalue weighted by Crippen LogP contribution is -2.41. The lowest BCUT2D eigenvalue weighted by molar-refractivity contribution is -0.123. The Labute approximate surface area is 157 Å². The van der Waals surface area contributed by atoms with Crippen LogP contribution in [-0.2, 0) is 9.53 Å². The number of ether oxygens (including phenoxy) is 3. The van der Waals surface area contributed by atoms with Gasteiger partial charge >= 0.3 is 0 Å². The quantitative estimate of drug-likeness (QED) is 0.587. The molecular formula is C20H34N2O4. The molecule has 1 amide bonds. The first-order valence-corrected chi connectivity index (χ1v) is 9.13. The standard InChI is InChI=1S/C20H34N2O4/c1-15(20(2,3)4)22-19(23)10-13-25-11-7-12-26-16-8-9-17(21-5)18(14-16)24-6/h8-9,14-15,21H,7,10-13H2,1-6H3,(H,22,23). The first-order chi connectivity index (χ1) is 12.3. The molecule has 1 rings (SSSR count). The number of anilines is 1. The lowest BCUT2D eigenvalue weighted by atomic mass is 9.88. The average Bonchev–Trinajstić information content (AvgIpc) is 2.59. The summed E-state index contributed by atoms with van der Waals surface area (Å²) in [5, 5.41) is 6.06. The van der Waals surface area contributed by atoms with E-state index in [1.807, 2.05) is 32.2 Å². The van der Waals surface area contributed by atoms with Gasteiger partial charge in [-0.1, -0.05) is 20.8 Å². The van der Waals surface area contributed by atoms with Gasteiger partial charge in [0.05, 0.1) is 26.0 Å². The highest BCUT2D eigenvalue weighted by Gasteiger charge is 2.21. The van der Waals surface area contributed by atoms with Gasteiger partial charge < -0.3 is 24.8 Å². The Morgan fingerprint density at radius 2 is 1.92 bits per heavy atom. The van der Waals surface area contributed by atoms with E-state index in [9.17, 15) is 4.79 Å². The zero-order chi connectivity index (χ0) is 19.6. The van der Waals surface area contributed by atoms with E-state index in [4.69, 9.17) is 14.2 Å². The molecule has 0 fully saturated rings. The van der Waals surface area contributed by atoms with Gasteiger partial charge in [-0.05, 0) is 24.5 Å². The monoisotopic (exact) mass is 366 g/mol. The summed E-state index contributed by atoms with van der Waals surface area (Å²) >= 11 is 0.